The molecule has 24 heavy (non-hydrogen) atoms. The first kappa shape index (κ1) is 15.5. The molecule has 0 saturated carbocycles. The number of aromatic nitrogens is 3. The third kappa shape index (κ3) is 3.17. The lowest BCUT2D eigenvalue weighted by Gasteiger charge is -2.08. The van der Waals surface area contributed by atoms with Crippen molar-refractivity contribution < 1.29 is 18.7 Å². The second-order valence-electron chi connectivity index (χ2n) is 4.65. The van der Waals surface area contributed by atoms with E-state index in [9.17, 15) is 4.79 Å². The van der Waals surface area contributed by atoms with Crippen LogP contribution in [0.3, 0.4) is 0 Å². The fraction of sp³-hybridized carbons (Fsp3) is 0.125. The van der Waals surface area contributed by atoms with Crippen LogP contribution in [-0.2, 0) is 0 Å². The van der Waals surface area contributed by atoms with Crippen LogP contribution in [0.15, 0.2) is 47.0 Å². The molecule has 1 aromatic carbocycles. The Morgan fingerprint density at radius 2 is 1.92 bits per heavy atom. The zero-order valence-electron chi connectivity index (χ0n) is 13.0. The van der Waals surface area contributed by atoms with Gasteiger partial charge in [0.1, 0.15) is 5.69 Å². The second-order valence-corrected chi connectivity index (χ2v) is 4.65. The molecule has 1 amide bonds. The largest absolute Gasteiger partial charge is 0.493 e. The molecule has 0 aliphatic heterocycles. The molecule has 0 spiro atoms. The Morgan fingerprint density at radius 3 is 2.62 bits per heavy atom. The maximum absolute atomic E-state index is 12.3. The number of benzene rings is 1. The summed E-state index contributed by atoms with van der Waals surface area (Å²) in [7, 11) is 3.02. The van der Waals surface area contributed by atoms with E-state index < -0.39 is 5.91 Å². The summed E-state index contributed by atoms with van der Waals surface area (Å²) in [5, 5.41) is 10.2. The van der Waals surface area contributed by atoms with E-state index in [1.165, 1.54) is 14.2 Å². The van der Waals surface area contributed by atoms with Crippen LogP contribution in [0.25, 0.3) is 11.6 Å². The van der Waals surface area contributed by atoms with Crippen molar-refractivity contribution in [3.8, 4) is 23.1 Å². The molecule has 2 heterocycles. The molecule has 0 saturated heterocycles. The Morgan fingerprint density at radius 1 is 1.08 bits per heavy atom. The van der Waals surface area contributed by atoms with E-state index in [1.807, 2.05) is 0 Å². The van der Waals surface area contributed by atoms with Crippen LogP contribution >= 0.6 is 0 Å². The predicted molar refractivity (Wildman–Crippen MR) is 85.0 cm³/mol. The first-order chi connectivity index (χ1) is 11.7. The highest BCUT2D eigenvalue weighted by Gasteiger charge is 2.15. The Balaban J connectivity index is 1.77. The standard InChI is InChI=1S/C16H14N4O4/c1-22-12-7-6-10(9-13(12)23-2)14(21)18-16-20-19-15(24-16)11-5-3-4-8-17-11/h3-9H,1-2H3,(H,18,20,21). The highest BCUT2D eigenvalue weighted by molar-refractivity contribution is 6.03. The second kappa shape index (κ2) is 6.78. The average Bonchev–Trinajstić information content (AvgIpc) is 3.10. The van der Waals surface area contributed by atoms with Crippen molar-refractivity contribution in [3.05, 3.63) is 48.2 Å². The average molecular weight is 326 g/mol. The quantitative estimate of drug-likeness (QED) is 0.768. The fourth-order valence-corrected chi connectivity index (χ4v) is 2.01. The van der Waals surface area contributed by atoms with E-state index in [4.69, 9.17) is 13.9 Å². The molecule has 3 aromatic rings. The van der Waals surface area contributed by atoms with Gasteiger partial charge in [0.25, 0.3) is 11.8 Å². The molecule has 2 aromatic heterocycles. The SMILES string of the molecule is COc1ccc(C(=O)Nc2nnc(-c3ccccn3)o2)cc1OC. The summed E-state index contributed by atoms with van der Waals surface area (Å²) >= 11 is 0. The van der Waals surface area contributed by atoms with E-state index in [-0.39, 0.29) is 11.9 Å². The van der Waals surface area contributed by atoms with Crippen molar-refractivity contribution >= 4 is 11.9 Å². The molecular weight excluding hydrogens is 312 g/mol. The zero-order chi connectivity index (χ0) is 16.9. The summed E-state index contributed by atoms with van der Waals surface area (Å²) in [6.45, 7) is 0. The third-order valence-electron chi connectivity index (χ3n) is 3.18. The Bertz CT molecular complexity index is 848. The van der Waals surface area contributed by atoms with Gasteiger partial charge in [0.05, 0.1) is 14.2 Å². The molecule has 0 fully saturated rings. The zero-order valence-corrected chi connectivity index (χ0v) is 13.0. The van der Waals surface area contributed by atoms with Crippen LogP contribution in [0.2, 0.25) is 0 Å². The van der Waals surface area contributed by atoms with Crippen molar-refractivity contribution in [3.63, 3.8) is 0 Å². The molecule has 0 unspecified atom stereocenters. The van der Waals surface area contributed by atoms with Crippen LogP contribution < -0.4 is 14.8 Å². The number of nitrogens with zero attached hydrogens (tertiary/aromatic N) is 3. The van der Waals surface area contributed by atoms with E-state index in [2.05, 4.69) is 20.5 Å². The van der Waals surface area contributed by atoms with Crippen molar-refractivity contribution in [1.29, 1.82) is 0 Å². The molecule has 8 nitrogen and oxygen atoms in total. The molecule has 3 rings (SSSR count). The van der Waals surface area contributed by atoms with Gasteiger partial charge in [-0.25, -0.2) is 0 Å². The van der Waals surface area contributed by atoms with Gasteiger partial charge in [-0.1, -0.05) is 11.2 Å². The Hall–Kier alpha value is -3.42. The first-order valence-corrected chi connectivity index (χ1v) is 6.99. The van der Waals surface area contributed by atoms with Crippen LogP contribution in [0.4, 0.5) is 6.01 Å². The van der Waals surface area contributed by atoms with Crippen molar-refractivity contribution in [1.82, 2.24) is 15.2 Å². The van der Waals surface area contributed by atoms with Gasteiger partial charge in [0, 0.05) is 11.8 Å². The van der Waals surface area contributed by atoms with Crippen LogP contribution in [0, 0.1) is 0 Å². The third-order valence-corrected chi connectivity index (χ3v) is 3.18. The smallest absolute Gasteiger partial charge is 0.322 e. The van der Waals surface area contributed by atoms with Gasteiger partial charge in [-0.2, -0.15) is 0 Å². The fourth-order valence-electron chi connectivity index (χ4n) is 2.01. The summed E-state index contributed by atoms with van der Waals surface area (Å²) in [5.74, 6) is 0.791. The highest BCUT2D eigenvalue weighted by Crippen LogP contribution is 2.28. The lowest BCUT2D eigenvalue weighted by atomic mass is 10.2. The molecule has 0 aliphatic carbocycles. The summed E-state index contributed by atoms with van der Waals surface area (Å²) < 4.78 is 15.7. The monoisotopic (exact) mass is 326 g/mol. The number of carbonyl (C=O) groups is 1. The van der Waals surface area contributed by atoms with Crippen molar-refractivity contribution in [2.24, 2.45) is 0 Å². The van der Waals surface area contributed by atoms with Crippen LogP contribution in [-0.4, -0.2) is 35.3 Å². The van der Waals surface area contributed by atoms with Crippen molar-refractivity contribution in [2.75, 3.05) is 19.5 Å². The lowest BCUT2D eigenvalue weighted by molar-refractivity contribution is 0.102. The maximum atomic E-state index is 12.3. The maximum Gasteiger partial charge on any atom is 0.322 e. The number of pyridine rings is 1. The van der Waals surface area contributed by atoms with Gasteiger partial charge in [-0.05, 0) is 30.3 Å². The Kier molecular flexibility index (Phi) is 4.37. The number of nitrogens with one attached hydrogen (secondary N) is 1. The van der Waals surface area contributed by atoms with Gasteiger partial charge in [0.2, 0.25) is 0 Å². The van der Waals surface area contributed by atoms with E-state index in [0.29, 0.717) is 22.8 Å². The number of ether oxygens (including phenoxy) is 2. The van der Waals surface area contributed by atoms with Crippen LogP contribution in [0.5, 0.6) is 11.5 Å². The molecule has 0 atom stereocenters. The van der Waals surface area contributed by atoms with E-state index in [0.717, 1.165) is 0 Å². The lowest BCUT2D eigenvalue weighted by Crippen LogP contribution is -2.12. The topological polar surface area (TPSA) is 99.4 Å². The minimum absolute atomic E-state index is 0.0181. The molecule has 8 heteroatoms. The molecule has 0 bridgehead atoms. The summed E-state index contributed by atoms with van der Waals surface area (Å²) in [6, 6.07) is 10.1. The van der Waals surface area contributed by atoms with Gasteiger partial charge in [-0.3, -0.25) is 15.1 Å². The highest BCUT2D eigenvalue weighted by atomic mass is 16.5. The van der Waals surface area contributed by atoms with E-state index >= 15 is 0 Å². The number of rotatable bonds is 5. The molecule has 0 radical (unpaired) electrons. The number of amides is 1. The van der Waals surface area contributed by atoms with Gasteiger partial charge in [-0.15, -0.1) is 5.10 Å². The van der Waals surface area contributed by atoms with Crippen LogP contribution in [0.1, 0.15) is 10.4 Å². The first-order valence-electron chi connectivity index (χ1n) is 6.99. The molecule has 122 valence electrons. The molecule has 1 N–H and O–H groups in total. The van der Waals surface area contributed by atoms with Gasteiger partial charge in [0.15, 0.2) is 11.5 Å². The Labute approximate surface area is 137 Å². The molecule has 0 aliphatic rings. The summed E-state index contributed by atoms with van der Waals surface area (Å²) in [4.78, 5) is 16.4. The number of methoxy groups -OCH3 is 2. The summed E-state index contributed by atoms with van der Waals surface area (Å²) in [5.41, 5.74) is 0.891. The molecular formula is C16H14N4O4. The van der Waals surface area contributed by atoms with E-state index in [1.54, 1.807) is 42.6 Å². The minimum Gasteiger partial charge on any atom is -0.493 e. The minimum atomic E-state index is -0.410. The number of hydrogen-bond acceptors (Lipinski definition) is 7. The number of hydrogen-bond donors (Lipinski definition) is 1. The predicted octanol–water partition coefficient (Wildman–Crippen LogP) is 2.40. The van der Waals surface area contributed by atoms with Gasteiger partial charge >= 0.3 is 6.01 Å². The number of anilines is 1. The number of carbonyl (C=O) groups excluding carboxylic acids is 1. The van der Waals surface area contributed by atoms with Crippen molar-refractivity contribution in [2.45, 2.75) is 0 Å². The normalized spacial score (nSPS) is 10.2. The summed E-state index contributed by atoms with van der Waals surface area (Å²) in [6.07, 6.45) is 1.61. The van der Waals surface area contributed by atoms with Gasteiger partial charge < -0.3 is 13.9 Å².